The number of benzene rings is 1. The Hall–Kier alpha value is -1.84. The predicted molar refractivity (Wildman–Crippen MR) is 73.8 cm³/mol. The zero-order chi connectivity index (χ0) is 15.5. The van der Waals surface area contributed by atoms with E-state index in [1.54, 1.807) is 0 Å². The second-order valence-electron chi connectivity index (χ2n) is 4.51. The van der Waals surface area contributed by atoms with Crippen LogP contribution in [0.1, 0.15) is 6.42 Å². The summed E-state index contributed by atoms with van der Waals surface area (Å²) in [4.78, 5) is 9.36. The summed E-state index contributed by atoms with van der Waals surface area (Å²) in [5.41, 5.74) is 0.0768. The zero-order valence-corrected chi connectivity index (χ0v) is 11.8. The molecule has 0 spiro atoms. The summed E-state index contributed by atoms with van der Waals surface area (Å²) in [6.07, 6.45) is 2.62. The van der Waals surface area contributed by atoms with Gasteiger partial charge in [-0.05, 0) is 25.1 Å². The lowest BCUT2D eigenvalue weighted by Gasteiger charge is -2.14. The van der Waals surface area contributed by atoms with Crippen LogP contribution in [0, 0.1) is 15.9 Å². The molecule has 0 saturated heterocycles. The molecule has 0 aliphatic carbocycles. The standard InChI is InChI=1S/C12H14FN3O4S/c13-11-2-1-10(7-12(11)16(17)18)21(19,20)15-8-9-3-5-14-6-4-9/h1-3,7,14-15H,4-6,8H2. The molecule has 2 rings (SSSR count). The molecule has 0 fully saturated rings. The van der Waals surface area contributed by atoms with E-state index in [0.717, 1.165) is 30.7 Å². The van der Waals surface area contributed by atoms with Gasteiger partial charge in [-0.2, -0.15) is 4.39 Å². The Morgan fingerprint density at radius 3 is 2.81 bits per heavy atom. The quantitative estimate of drug-likeness (QED) is 0.478. The lowest BCUT2D eigenvalue weighted by atomic mass is 10.1. The van der Waals surface area contributed by atoms with Gasteiger partial charge in [-0.15, -0.1) is 0 Å². The Morgan fingerprint density at radius 1 is 1.43 bits per heavy atom. The molecule has 1 heterocycles. The summed E-state index contributed by atoms with van der Waals surface area (Å²) in [5, 5.41) is 13.7. The van der Waals surface area contributed by atoms with E-state index in [4.69, 9.17) is 0 Å². The van der Waals surface area contributed by atoms with Gasteiger partial charge in [-0.1, -0.05) is 11.6 Å². The summed E-state index contributed by atoms with van der Waals surface area (Å²) >= 11 is 0. The van der Waals surface area contributed by atoms with Crippen LogP contribution < -0.4 is 10.0 Å². The Bertz CT molecular complexity index is 688. The van der Waals surface area contributed by atoms with Crippen LogP contribution in [0.3, 0.4) is 0 Å². The summed E-state index contributed by atoms with van der Waals surface area (Å²) in [5.74, 6) is -1.07. The lowest BCUT2D eigenvalue weighted by Crippen LogP contribution is -2.29. The van der Waals surface area contributed by atoms with Gasteiger partial charge in [0, 0.05) is 19.2 Å². The van der Waals surface area contributed by atoms with Gasteiger partial charge in [0.1, 0.15) is 0 Å². The summed E-state index contributed by atoms with van der Waals surface area (Å²) in [7, 11) is -3.91. The van der Waals surface area contributed by atoms with Crippen molar-refractivity contribution in [3.8, 4) is 0 Å². The third-order valence-electron chi connectivity index (χ3n) is 3.07. The number of nitro benzene ring substituents is 1. The van der Waals surface area contributed by atoms with Crippen LogP contribution in [0.4, 0.5) is 10.1 Å². The van der Waals surface area contributed by atoms with E-state index in [-0.39, 0.29) is 11.4 Å². The van der Waals surface area contributed by atoms with Crippen LogP contribution in [0.2, 0.25) is 0 Å². The van der Waals surface area contributed by atoms with Crippen molar-refractivity contribution in [3.63, 3.8) is 0 Å². The normalized spacial score (nSPS) is 15.6. The average Bonchev–Trinajstić information content (AvgIpc) is 2.46. The van der Waals surface area contributed by atoms with E-state index in [2.05, 4.69) is 10.0 Å². The molecule has 1 aliphatic heterocycles. The van der Waals surface area contributed by atoms with E-state index in [1.807, 2.05) is 6.08 Å². The Morgan fingerprint density at radius 2 is 2.19 bits per heavy atom. The van der Waals surface area contributed by atoms with Crippen molar-refractivity contribution in [2.45, 2.75) is 11.3 Å². The van der Waals surface area contributed by atoms with E-state index < -0.39 is 26.5 Å². The Kier molecular flexibility index (Phi) is 4.66. The van der Waals surface area contributed by atoms with Crippen molar-refractivity contribution < 1.29 is 17.7 Å². The van der Waals surface area contributed by atoms with Crippen molar-refractivity contribution in [1.29, 1.82) is 0 Å². The molecule has 7 nitrogen and oxygen atoms in total. The highest BCUT2D eigenvalue weighted by molar-refractivity contribution is 7.89. The molecule has 0 radical (unpaired) electrons. The van der Waals surface area contributed by atoms with Gasteiger partial charge in [-0.3, -0.25) is 10.1 Å². The summed E-state index contributed by atoms with van der Waals surface area (Å²) in [6, 6.07) is 2.49. The summed E-state index contributed by atoms with van der Waals surface area (Å²) < 4.78 is 39.7. The van der Waals surface area contributed by atoms with Crippen LogP contribution >= 0.6 is 0 Å². The highest BCUT2D eigenvalue weighted by Gasteiger charge is 2.21. The number of nitro groups is 1. The molecule has 1 aliphatic rings. The molecule has 0 atom stereocenters. The van der Waals surface area contributed by atoms with Crippen molar-refractivity contribution in [1.82, 2.24) is 10.0 Å². The second kappa shape index (κ2) is 6.29. The topological polar surface area (TPSA) is 101 Å². The van der Waals surface area contributed by atoms with Crippen molar-refractivity contribution in [2.75, 3.05) is 19.6 Å². The number of rotatable bonds is 5. The molecule has 1 aromatic rings. The van der Waals surface area contributed by atoms with Crippen LogP contribution in [0.5, 0.6) is 0 Å². The first-order chi connectivity index (χ1) is 9.90. The summed E-state index contributed by atoms with van der Waals surface area (Å²) in [6.45, 7) is 1.59. The minimum Gasteiger partial charge on any atom is -0.313 e. The minimum atomic E-state index is -3.91. The van der Waals surface area contributed by atoms with Crippen molar-refractivity contribution in [2.24, 2.45) is 0 Å². The third kappa shape index (κ3) is 3.84. The van der Waals surface area contributed by atoms with E-state index >= 15 is 0 Å². The second-order valence-corrected chi connectivity index (χ2v) is 6.28. The molecule has 0 amide bonds. The first-order valence-corrected chi connectivity index (χ1v) is 7.71. The first kappa shape index (κ1) is 15.5. The van der Waals surface area contributed by atoms with Crippen molar-refractivity contribution >= 4 is 15.7 Å². The first-order valence-electron chi connectivity index (χ1n) is 6.22. The molecule has 21 heavy (non-hydrogen) atoms. The SMILES string of the molecule is O=[N+]([O-])c1cc(S(=O)(=O)NCC2=CCNCC2)ccc1F. The van der Waals surface area contributed by atoms with Crippen molar-refractivity contribution in [3.05, 3.63) is 45.8 Å². The van der Waals surface area contributed by atoms with E-state index in [9.17, 15) is 22.9 Å². The predicted octanol–water partition coefficient (Wildman–Crippen LogP) is 0.932. The van der Waals surface area contributed by atoms with Gasteiger partial charge >= 0.3 is 5.69 Å². The van der Waals surface area contributed by atoms with Gasteiger partial charge in [0.25, 0.3) is 0 Å². The number of hydrogen-bond acceptors (Lipinski definition) is 5. The molecule has 0 aromatic heterocycles. The van der Waals surface area contributed by atoms with Gasteiger partial charge in [0.15, 0.2) is 0 Å². The average molecular weight is 315 g/mol. The number of nitrogens with one attached hydrogen (secondary N) is 2. The third-order valence-corrected chi connectivity index (χ3v) is 4.47. The fourth-order valence-electron chi connectivity index (χ4n) is 1.90. The van der Waals surface area contributed by atoms with Crippen LogP contribution in [-0.4, -0.2) is 33.0 Å². The molecular weight excluding hydrogens is 301 g/mol. The van der Waals surface area contributed by atoms with E-state index in [0.29, 0.717) is 12.6 Å². The molecule has 0 bridgehead atoms. The fourth-order valence-corrected chi connectivity index (χ4v) is 2.96. The molecule has 9 heteroatoms. The highest BCUT2D eigenvalue weighted by Crippen LogP contribution is 2.21. The number of hydrogen-bond donors (Lipinski definition) is 2. The molecule has 0 saturated carbocycles. The van der Waals surface area contributed by atoms with Gasteiger partial charge in [0.2, 0.25) is 15.8 Å². The molecular formula is C12H14FN3O4S. The van der Waals surface area contributed by atoms with Crippen LogP contribution in [0.15, 0.2) is 34.7 Å². The molecule has 1 aromatic carbocycles. The smallest absolute Gasteiger partial charge is 0.306 e. The number of sulfonamides is 1. The maximum Gasteiger partial charge on any atom is 0.306 e. The van der Waals surface area contributed by atoms with Gasteiger partial charge < -0.3 is 5.32 Å². The largest absolute Gasteiger partial charge is 0.313 e. The fraction of sp³-hybridized carbons (Fsp3) is 0.333. The van der Waals surface area contributed by atoms with Gasteiger partial charge in [-0.25, -0.2) is 13.1 Å². The number of halogens is 1. The Labute approximate surface area is 121 Å². The minimum absolute atomic E-state index is 0.134. The Balaban J connectivity index is 2.17. The molecule has 0 unspecified atom stereocenters. The van der Waals surface area contributed by atoms with Crippen LogP contribution in [0.25, 0.3) is 0 Å². The maximum absolute atomic E-state index is 13.2. The maximum atomic E-state index is 13.2. The number of nitrogens with zero attached hydrogens (tertiary/aromatic N) is 1. The van der Waals surface area contributed by atoms with Gasteiger partial charge in [0.05, 0.1) is 9.82 Å². The molecule has 2 N–H and O–H groups in total. The lowest BCUT2D eigenvalue weighted by molar-refractivity contribution is -0.387. The van der Waals surface area contributed by atoms with Crippen LogP contribution in [-0.2, 0) is 10.0 Å². The molecule has 114 valence electrons. The monoisotopic (exact) mass is 315 g/mol. The van der Waals surface area contributed by atoms with E-state index in [1.165, 1.54) is 0 Å². The highest BCUT2D eigenvalue weighted by atomic mass is 32.2. The zero-order valence-electron chi connectivity index (χ0n) is 11.0.